The normalized spacial score (nSPS) is 20.3. The largest absolute Gasteiger partial charge is 0.484 e. The third kappa shape index (κ3) is 4.60. The minimum absolute atomic E-state index is 0.0162. The molecule has 0 saturated carbocycles. The van der Waals surface area contributed by atoms with Crippen molar-refractivity contribution >= 4 is 11.8 Å². The maximum Gasteiger partial charge on any atom is 0.260 e. The van der Waals surface area contributed by atoms with E-state index in [1.54, 1.807) is 30.3 Å². The summed E-state index contributed by atoms with van der Waals surface area (Å²) in [6, 6.07) is 7.31. The van der Waals surface area contributed by atoms with Crippen molar-refractivity contribution in [1.29, 1.82) is 0 Å². The second kappa shape index (κ2) is 8.52. The highest BCUT2D eigenvalue weighted by molar-refractivity contribution is 5.94. The molecule has 2 amide bonds. The van der Waals surface area contributed by atoms with E-state index in [2.05, 4.69) is 25.7 Å². The van der Waals surface area contributed by atoms with Crippen LogP contribution in [0.15, 0.2) is 36.9 Å². The first-order valence-electron chi connectivity index (χ1n) is 8.46. The van der Waals surface area contributed by atoms with Gasteiger partial charge in [-0.25, -0.2) is 0 Å². The predicted molar refractivity (Wildman–Crippen MR) is 94.1 cm³/mol. The van der Waals surface area contributed by atoms with Gasteiger partial charge in [-0.05, 0) is 57.4 Å². The maximum absolute atomic E-state index is 12.4. The van der Waals surface area contributed by atoms with E-state index in [4.69, 9.17) is 4.74 Å². The lowest BCUT2D eigenvalue weighted by molar-refractivity contribution is -0.139. The highest BCUT2D eigenvalue weighted by atomic mass is 16.5. The molecule has 1 aromatic carbocycles. The number of carbonyl (C=O) groups excluding carboxylic acids is 2. The van der Waals surface area contributed by atoms with E-state index in [-0.39, 0.29) is 30.5 Å². The minimum atomic E-state index is -0.159. The van der Waals surface area contributed by atoms with Crippen molar-refractivity contribution in [2.45, 2.75) is 45.2 Å². The van der Waals surface area contributed by atoms with Crippen LogP contribution in [0.4, 0.5) is 0 Å². The van der Waals surface area contributed by atoms with Crippen LogP contribution in [0.3, 0.4) is 0 Å². The van der Waals surface area contributed by atoms with Crippen molar-refractivity contribution in [3.05, 3.63) is 42.5 Å². The van der Waals surface area contributed by atoms with Crippen LogP contribution in [0.1, 0.15) is 43.5 Å². The Kier molecular flexibility index (Phi) is 6.41. The molecule has 0 bridgehead atoms. The molecule has 1 aromatic rings. The van der Waals surface area contributed by atoms with E-state index in [9.17, 15) is 9.59 Å². The number of piperidine rings is 1. The summed E-state index contributed by atoms with van der Waals surface area (Å²) in [6.07, 6.45) is 4.89. The lowest BCUT2D eigenvalue weighted by atomic mass is 9.97. The summed E-state index contributed by atoms with van der Waals surface area (Å²) < 4.78 is 5.59. The molecule has 2 atom stereocenters. The van der Waals surface area contributed by atoms with Gasteiger partial charge >= 0.3 is 0 Å². The zero-order chi connectivity index (χ0) is 17.5. The Morgan fingerprint density at radius 3 is 2.46 bits per heavy atom. The molecule has 130 valence electrons. The molecule has 1 aliphatic rings. The first kappa shape index (κ1) is 18.0. The molecule has 0 aromatic heterocycles. The number of hydrogen-bond donors (Lipinski definition) is 1. The zero-order valence-electron chi connectivity index (χ0n) is 14.5. The molecule has 5 heteroatoms. The average Bonchev–Trinajstić information content (AvgIpc) is 2.58. The highest BCUT2D eigenvalue weighted by Crippen LogP contribution is 2.22. The number of nitrogens with zero attached hydrogens (tertiary/aromatic N) is 1. The Hall–Kier alpha value is -2.30. The molecule has 0 unspecified atom stereocenters. The number of carbonyl (C=O) groups is 2. The zero-order valence-corrected chi connectivity index (χ0v) is 14.5. The van der Waals surface area contributed by atoms with Crippen molar-refractivity contribution in [1.82, 2.24) is 10.2 Å². The number of likely N-dealkylation sites (tertiary alicyclic amines) is 1. The number of nitrogens with one attached hydrogen (secondary N) is 1. The summed E-state index contributed by atoms with van der Waals surface area (Å²) in [7, 11) is 0. The van der Waals surface area contributed by atoms with Crippen LogP contribution in [-0.4, -0.2) is 41.9 Å². The number of amides is 2. The van der Waals surface area contributed by atoms with Gasteiger partial charge in [0, 0.05) is 24.2 Å². The van der Waals surface area contributed by atoms with Gasteiger partial charge in [0.1, 0.15) is 5.75 Å². The van der Waals surface area contributed by atoms with E-state index in [1.165, 1.54) is 6.42 Å². The fourth-order valence-corrected chi connectivity index (χ4v) is 3.10. The third-order valence-corrected chi connectivity index (χ3v) is 4.37. The number of benzene rings is 1. The summed E-state index contributed by atoms with van der Waals surface area (Å²) in [5.41, 5.74) is 0.550. The predicted octanol–water partition coefficient (Wildman–Crippen LogP) is 2.77. The fourth-order valence-electron chi connectivity index (χ4n) is 3.10. The molecule has 2 rings (SSSR count). The summed E-state index contributed by atoms with van der Waals surface area (Å²) in [5.74, 6) is 0.442. The molecule has 1 N–H and O–H groups in total. The van der Waals surface area contributed by atoms with E-state index in [0.717, 1.165) is 12.8 Å². The number of hydrogen-bond acceptors (Lipinski definition) is 3. The molecular weight excluding hydrogens is 304 g/mol. The topological polar surface area (TPSA) is 58.6 Å². The smallest absolute Gasteiger partial charge is 0.260 e. The van der Waals surface area contributed by atoms with Gasteiger partial charge in [-0.2, -0.15) is 0 Å². The Balaban J connectivity index is 1.88. The van der Waals surface area contributed by atoms with Gasteiger partial charge in [0.25, 0.3) is 11.8 Å². The highest BCUT2D eigenvalue weighted by Gasteiger charge is 2.28. The van der Waals surface area contributed by atoms with Crippen LogP contribution in [-0.2, 0) is 4.79 Å². The molecule has 0 spiro atoms. The van der Waals surface area contributed by atoms with E-state index < -0.39 is 0 Å². The van der Waals surface area contributed by atoms with Gasteiger partial charge in [0.2, 0.25) is 0 Å². The Bertz CT molecular complexity index is 573. The summed E-state index contributed by atoms with van der Waals surface area (Å²) in [4.78, 5) is 26.1. The van der Waals surface area contributed by atoms with Crippen LogP contribution < -0.4 is 10.1 Å². The monoisotopic (exact) mass is 330 g/mol. The molecule has 1 saturated heterocycles. The van der Waals surface area contributed by atoms with Gasteiger partial charge in [-0.15, -0.1) is 6.58 Å². The molecular formula is C19H26N2O3. The summed E-state index contributed by atoms with van der Waals surface area (Å²) in [5, 5.41) is 2.71. The second-order valence-electron chi connectivity index (χ2n) is 6.24. The van der Waals surface area contributed by atoms with Crippen molar-refractivity contribution in [3.63, 3.8) is 0 Å². The third-order valence-electron chi connectivity index (χ3n) is 4.37. The quantitative estimate of drug-likeness (QED) is 0.816. The number of ether oxygens (including phenoxy) is 1. The van der Waals surface area contributed by atoms with E-state index >= 15 is 0 Å². The molecule has 1 fully saturated rings. The van der Waals surface area contributed by atoms with Crippen molar-refractivity contribution in [3.8, 4) is 5.75 Å². The van der Waals surface area contributed by atoms with Gasteiger partial charge in [-0.1, -0.05) is 6.08 Å². The standard InChI is InChI=1S/C19H26N2O3/c1-4-12-20-19(23)16-8-10-17(11-9-16)24-13-18(22)21-14(2)6-5-7-15(21)3/h4,8-11,14-15H,1,5-7,12-13H2,2-3H3,(H,20,23)/t14-,15-/m0/s1. The lowest BCUT2D eigenvalue weighted by Gasteiger charge is -2.38. The average molecular weight is 330 g/mol. The molecule has 1 heterocycles. The Labute approximate surface area is 143 Å². The van der Waals surface area contributed by atoms with E-state index in [0.29, 0.717) is 17.9 Å². The van der Waals surface area contributed by atoms with Crippen LogP contribution >= 0.6 is 0 Å². The maximum atomic E-state index is 12.4. The van der Waals surface area contributed by atoms with Gasteiger partial charge in [-0.3, -0.25) is 9.59 Å². The Morgan fingerprint density at radius 1 is 1.25 bits per heavy atom. The number of rotatable bonds is 6. The summed E-state index contributed by atoms with van der Waals surface area (Å²) in [6.45, 7) is 8.19. The lowest BCUT2D eigenvalue weighted by Crippen LogP contribution is -2.49. The minimum Gasteiger partial charge on any atom is -0.484 e. The molecule has 0 aliphatic carbocycles. The molecule has 24 heavy (non-hydrogen) atoms. The van der Waals surface area contributed by atoms with E-state index in [1.807, 2.05) is 4.90 Å². The van der Waals surface area contributed by atoms with Crippen molar-refractivity contribution in [2.24, 2.45) is 0 Å². The second-order valence-corrected chi connectivity index (χ2v) is 6.24. The Morgan fingerprint density at radius 2 is 1.88 bits per heavy atom. The summed E-state index contributed by atoms with van der Waals surface area (Å²) >= 11 is 0. The van der Waals surface area contributed by atoms with Crippen LogP contribution in [0.5, 0.6) is 5.75 Å². The van der Waals surface area contributed by atoms with Crippen molar-refractivity contribution < 1.29 is 14.3 Å². The van der Waals surface area contributed by atoms with Crippen molar-refractivity contribution in [2.75, 3.05) is 13.2 Å². The molecule has 0 radical (unpaired) electrons. The van der Waals surface area contributed by atoms with Crippen LogP contribution in [0.25, 0.3) is 0 Å². The van der Waals surface area contributed by atoms with Gasteiger partial charge in [0.15, 0.2) is 6.61 Å². The first-order chi connectivity index (χ1) is 11.5. The van der Waals surface area contributed by atoms with Crippen LogP contribution in [0, 0.1) is 0 Å². The molecule has 1 aliphatic heterocycles. The van der Waals surface area contributed by atoms with Crippen LogP contribution in [0.2, 0.25) is 0 Å². The van der Waals surface area contributed by atoms with Gasteiger partial charge in [0.05, 0.1) is 0 Å². The van der Waals surface area contributed by atoms with Gasteiger partial charge < -0.3 is 15.0 Å². The first-order valence-corrected chi connectivity index (χ1v) is 8.46. The fraction of sp³-hybridized carbons (Fsp3) is 0.474. The SMILES string of the molecule is C=CCNC(=O)c1ccc(OCC(=O)N2[C@@H](C)CCC[C@@H]2C)cc1. The molecule has 5 nitrogen and oxygen atoms in total.